The molecule has 0 radical (unpaired) electrons. The zero-order chi connectivity index (χ0) is 14.4. The second-order valence-corrected chi connectivity index (χ2v) is 5.84. The minimum Gasteiger partial charge on any atom is -0.294 e. The molecule has 0 unspecified atom stereocenters. The lowest BCUT2D eigenvalue weighted by Gasteiger charge is -2.22. The molecule has 0 aromatic heterocycles. The van der Waals surface area contributed by atoms with Crippen LogP contribution in [0.2, 0.25) is 10.0 Å². The molecule has 106 valence electrons. The summed E-state index contributed by atoms with van der Waals surface area (Å²) in [6.07, 6.45) is 0. The van der Waals surface area contributed by atoms with Crippen LogP contribution in [0.15, 0.2) is 48.5 Å². The standard InChI is InChI=1S/C16H16Cl3N/c17-8-9-20(11-13-4-2-1-3-5-13)12-14-10-15(18)6-7-16(14)19/h1-7,10H,8-9,11-12H2. The molecule has 0 bridgehead atoms. The third kappa shape index (κ3) is 4.68. The summed E-state index contributed by atoms with van der Waals surface area (Å²) in [6, 6.07) is 15.9. The van der Waals surface area contributed by atoms with E-state index in [1.54, 1.807) is 6.07 Å². The van der Waals surface area contributed by atoms with Crippen molar-refractivity contribution in [2.24, 2.45) is 0 Å². The molecule has 1 nitrogen and oxygen atoms in total. The molecular formula is C16H16Cl3N. The maximum Gasteiger partial charge on any atom is 0.0452 e. The van der Waals surface area contributed by atoms with Crippen molar-refractivity contribution >= 4 is 34.8 Å². The average molecular weight is 329 g/mol. The quantitative estimate of drug-likeness (QED) is 0.656. The third-order valence-electron chi connectivity index (χ3n) is 3.05. The van der Waals surface area contributed by atoms with Gasteiger partial charge in [0.1, 0.15) is 0 Å². The highest BCUT2D eigenvalue weighted by Gasteiger charge is 2.09. The van der Waals surface area contributed by atoms with E-state index in [-0.39, 0.29) is 0 Å². The molecule has 0 saturated heterocycles. The van der Waals surface area contributed by atoms with Gasteiger partial charge in [0.15, 0.2) is 0 Å². The van der Waals surface area contributed by atoms with Gasteiger partial charge in [-0.3, -0.25) is 4.90 Å². The number of rotatable bonds is 6. The highest BCUT2D eigenvalue weighted by atomic mass is 35.5. The van der Waals surface area contributed by atoms with Gasteiger partial charge in [0.05, 0.1) is 0 Å². The fourth-order valence-corrected chi connectivity index (χ4v) is 2.69. The zero-order valence-electron chi connectivity index (χ0n) is 11.0. The normalized spacial score (nSPS) is 11.0. The second-order valence-electron chi connectivity index (χ2n) is 4.62. The van der Waals surface area contributed by atoms with Crippen molar-refractivity contribution in [2.75, 3.05) is 12.4 Å². The summed E-state index contributed by atoms with van der Waals surface area (Å²) in [5.74, 6) is 0.588. The smallest absolute Gasteiger partial charge is 0.0452 e. The van der Waals surface area contributed by atoms with Crippen LogP contribution in [-0.2, 0) is 13.1 Å². The molecule has 20 heavy (non-hydrogen) atoms. The van der Waals surface area contributed by atoms with Crippen molar-refractivity contribution in [2.45, 2.75) is 13.1 Å². The third-order valence-corrected chi connectivity index (χ3v) is 3.82. The van der Waals surface area contributed by atoms with Crippen molar-refractivity contribution in [1.82, 2.24) is 4.90 Å². The lowest BCUT2D eigenvalue weighted by Crippen LogP contribution is -2.25. The van der Waals surface area contributed by atoms with Gasteiger partial charge in [-0.15, -0.1) is 11.6 Å². The van der Waals surface area contributed by atoms with Crippen LogP contribution in [0.25, 0.3) is 0 Å². The van der Waals surface area contributed by atoms with Crippen molar-refractivity contribution in [3.8, 4) is 0 Å². The van der Waals surface area contributed by atoms with Crippen LogP contribution >= 0.6 is 34.8 Å². The maximum absolute atomic E-state index is 6.23. The van der Waals surface area contributed by atoms with Crippen molar-refractivity contribution in [1.29, 1.82) is 0 Å². The maximum atomic E-state index is 6.23. The first-order valence-electron chi connectivity index (χ1n) is 6.45. The Hall–Kier alpha value is -0.730. The van der Waals surface area contributed by atoms with E-state index in [4.69, 9.17) is 34.8 Å². The second kappa shape index (κ2) is 7.90. The number of hydrogen-bond acceptors (Lipinski definition) is 1. The van der Waals surface area contributed by atoms with Gasteiger partial charge in [0.25, 0.3) is 0 Å². The topological polar surface area (TPSA) is 3.24 Å². The molecule has 2 rings (SSSR count). The fraction of sp³-hybridized carbons (Fsp3) is 0.250. The van der Waals surface area contributed by atoms with Crippen molar-refractivity contribution in [3.63, 3.8) is 0 Å². The Morgan fingerprint density at radius 2 is 1.65 bits per heavy atom. The van der Waals surface area contributed by atoms with Gasteiger partial charge < -0.3 is 0 Å². The Bertz CT molecular complexity index is 543. The Balaban J connectivity index is 2.11. The number of nitrogens with zero attached hydrogens (tertiary/aromatic N) is 1. The summed E-state index contributed by atoms with van der Waals surface area (Å²) in [4.78, 5) is 2.26. The lowest BCUT2D eigenvalue weighted by atomic mass is 10.1. The van der Waals surface area contributed by atoms with Crippen LogP contribution in [-0.4, -0.2) is 17.3 Å². The van der Waals surface area contributed by atoms with Crippen molar-refractivity contribution < 1.29 is 0 Å². The molecule has 0 fully saturated rings. The molecule has 0 saturated carbocycles. The Labute approximate surface area is 135 Å². The summed E-state index contributed by atoms with van der Waals surface area (Å²) in [7, 11) is 0. The predicted molar refractivity (Wildman–Crippen MR) is 87.7 cm³/mol. The van der Waals surface area contributed by atoms with Crippen molar-refractivity contribution in [3.05, 3.63) is 69.7 Å². The fourth-order valence-electron chi connectivity index (χ4n) is 2.08. The van der Waals surface area contributed by atoms with Crippen LogP contribution in [0.3, 0.4) is 0 Å². The van der Waals surface area contributed by atoms with Crippen LogP contribution < -0.4 is 0 Å². The number of halogens is 3. The van der Waals surface area contributed by atoms with Gasteiger partial charge in [0, 0.05) is 35.6 Å². The zero-order valence-corrected chi connectivity index (χ0v) is 13.3. The summed E-state index contributed by atoms with van der Waals surface area (Å²) in [5.41, 5.74) is 2.29. The molecule has 0 atom stereocenters. The highest BCUT2D eigenvalue weighted by molar-refractivity contribution is 6.33. The Morgan fingerprint density at radius 3 is 2.35 bits per heavy atom. The molecule has 0 aliphatic heterocycles. The van der Waals surface area contributed by atoms with E-state index in [0.717, 1.165) is 30.2 Å². The number of hydrogen-bond donors (Lipinski definition) is 0. The van der Waals surface area contributed by atoms with E-state index in [9.17, 15) is 0 Å². The van der Waals surface area contributed by atoms with E-state index >= 15 is 0 Å². The lowest BCUT2D eigenvalue weighted by molar-refractivity contribution is 0.273. The van der Waals surface area contributed by atoms with Crippen LogP contribution in [0.1, 0.15) is 11.1 Å². The van der Waals surface area contributed by atoms with Gasteiger partial charge >= 0.3 is 0 Å². The van der Waals surface area contributed by atoms with Crippen LogP contribution in [0.5, 0.6) is 0 Å². The van der Waals surface area contributed by atoms with Gasteiger partial charge in [-0.25, -0.2) is 0 Å². The summed E-state index contributed by atoms with van der Waals surface area (Å²) in [5, 5.41) is 1.44. The minimum atomic E-state index is 0.588. The van der Waals surface area contributed by atoms with Crippen LogP contribution in [0, 0.1) is 0 Å². The Kier molecular flexibility index (Phi) is 6.18. The molecule has 0 aliphatic rings. The predicted octanol–water partition coefficient (Wildman–Crippen LogP) is 5.23. The molecule has 0 heterocycles. The first-order valence-corrected chi connectivity index (χ1v) is 7.74. The molecule has 0 aliphatic carbocycles. The largest absolute Gasteiger partial charge is 0.294 e. The van der Waals surface area contributed by atoms with Gasteiger partial charge in [-0.05, 0) is 29.3 Å². The minimum absolute atomic E-state index is 0.588. The number of alkyl halides is 1. The van der Waals surface area contributed by atoms with E-state index in [0.29, 0.717) is 10.9 Å². The average Bonchev–Trinajstić information content (AvgIpc) is 2.44. The van der Waals surface area contributed by atoms with E-state index in [1.807, 2.05) is 30.3 Å². The Morgan fingerprint density at radius 1 is 0.900 bits per heavy atom. The van der Waals surface area contributed by atoms with Gasteiger partial charge in [0.2, 0.25) is 0 Å². The van der Waals surface area contributed by atoms with E-state index in [1.165, 1.54) is 5.56 Å². The molecule has 4 heteroatoms. The molecule has 2 aromatic carbocycles. The molecule has 2 aromatic rings. The summed E-state index contributed by atoms with van der Waals surface area (Å²) < 4.78 is 0. The monoisotopic (exact) mass is 327 g/mol. The molecular weight excluding hydrogens is 313 g/mol. The first kappa shape index (κ1) is 15.7. The summed E-state index contributed by atoms with van der Waals surface area (Å²) in [6.45, 7) is 2.39. The van der Waals surface area contributed by atoms with Gasteiger partial charge in [-0.2, -0.15) is 0 Å². The van der Waals surface area contributed by atoms with Crippen LogP contribution in [0.4, 0.5) is 0 Å². The molecule has 0 amide bonds. The van der Waals surface area contributed by atoms with Gasteiger partial charge in [-0.1, -0.05) is 53.5 Å². The SMILES string of the molecule is ClCCN(Cc1ccccc1)Cc1cc(Cl)ccc1Cl. The van der Waals surface area contributed by atoms with E-state index < -0.39 is 0 Å². The molecule has 0 N–H and O–H groups in total. The number of benzene rings is 2. The highest BCUT2D eigenvalue weighted by Crippen LogP contribution is 2.22. The van der Waals surface area contributed by atoms with E-state index in [2.05, 4.69) is 17.0 Å². The molecule has 0 spiro atoms. The first-order chi connectivity index (χ1) is 9.69. The summed E-state index contributed by atoms with van der Waals surface area (Å²) >= 11 is 18.2.